The molecule has 2 heteroatoms. The van der Waals surface area contributed by atoms with E-state index in [1.54, 1.807) is 0 Å². The SMILES string of the molecule is CCC1CCCC2(C1)CC(O)c1ccccc1O2. The van der Waals surface area contributed by atoms with Crippen molar-refractivity contribution in [3.05, 3.63) is 29.8 Å². The third-order valence-electron chi connectivity index (χ3n) is 4.65. The average molecular weight is 246 g/mol. The first-order valence-electron chi connectivity index (χ1n) is 7.18. The predicted octanol–water partition coefficient (Wildman–Crippen LogP) is 3.84. The lowest BCUT2D eigenvalue weighted by Gasteiger charge is -2.45. The van der Waals surface area contributed by atoms with Crippen LogP contribution in [-0.4, -0.2) is 10.7 Å². The summed E-state index contributed by atoms with van der Waals surface area (Å²) in [6.45, 7) is 2.26. The fourth-order valence-electron chi connectivity index (χ4n) is 3.66. The van der Waals surface area contributed by atoms with Gasteiger partial charge in [0, 0.05) is 12.0 Å². The smallest absolute Gasteiger partial charge is 0.125 e. The van der Waals surface area contributed by atoms with Gasteiger partial charge in [0.05, 0.1) is 6.10 Å². The lowest BCUT2D eigenvalue weighted by atomic mass is 9.72. The summed E-state index contributed by atoms with van der Waals surface area (Å²) in [5.74, 6) is 1.66. The maximum Gasteiger partial charge on any atom is 0.125 e. The molecule has 0 saturated heterocycles. The highest BCUT2D eigenvalue weighted by Gasteiger charge is 2.43. The zero-order chi connectivity index (χ0) is 12.6. The molecular weight excluding hydrogens is 224 g/mol. The van der Waals surface area contributed by atoms with Crippen molar-refractivity contribution in [3.63, 3.8) is 0 Å². The summed E-state index contributed by atoms with van der Waals surface area (Å²) in [6, 6.07) is 7.94. The van der Waals surface area contributed by atoms with E-state index < -0.39 is 0 Å². The van der Waals surface area contributed by atoms with E-state index in [1.807, 2.05) is 24.3 Å². The first-order valence-corrected chi connectivity index (χ1v) is 7.18. The van der Waals surface area contributed by atoms with Crippen LogP contribution in [0.4, 0.5) is 0 Å². The Labute approximate surface area is 109 Å². The van der Waals surface area contributed by atoms with Crippen molar-refractivity contribution in [2.75, 3.05) is 0 Å². The average Bonchev–Trinajstić information content (AvgIpc) is 2.38. The van der Waals surface area contributed by atoms with Crippen molar-refractivity contribution in [3.8, 4) is 5.75 Å². The van der Waals surface area contributed by atoms with Crippen LogP contribution in [0.25, 0.3) is 0 Å². The summed E-state index contributed by atoms with van der Waals surface area (Å²) in [7, 11) is 0. The Hall–Kier alpha value is -1.02. The Morgan fingerprint density at radius 3 is 3.00 bits per heavy atom. The van der Waals surface area contributed by atoms with Crippen LogP contribution in [0.15, 0.2) is 24.3 Å². The van der Waals surface area contributed by atoms with Crippen LogP contribution in [-0.2, 0) is 0 Å². The zero-order valence-electron chi connectivity index (χ0n) is 11.1. The molecule has 0 bridgehead atoms. The van der Waals surface area contributed by atoms with Crippen LogP contribution < -0.4 is 4.74 Å². The molecule has 1 spiro atoms. The van der Waals surface area contributed by atoms with Gasteiger partial charge >= 0.3 is 0 Å². The number of aliphatic hydroxyl groups is 1. The highest BCUT2D eigenvalue weighted by molar-refractivity contribution is 5.38. The van der Waals surface area contributed by atoms with E-state index in [4.69, 9.17) is 4.74 Å². The minimum absolute atomic E-state index is 0.104. The molecule has 2 nitrogen and oxygen atoms in total. The molecule has 1 aromatic carbocycles. The molecule has 1 aromatic rings. The first kappa shape index (κ1) is 12.0. The molecule has 0 radical (unpaired) electrons. The monoisotopic (exact) mass is 246 g/mol. The Balaban J connectivity index is 1.88. The van der Waals surface area contributed by atoms with Crippen molar-refractivity contribution < 1.29 is 9.84 Å². The zero-order valence-corrected chi connectivity index (χ0v) is 11.1. The molecule has 0 amide bonds. The summed E-state index contributed by atoms with van der Waals surface area (Å²) < 4.78 is 6.30. The fraction of sp³-hybridized carbons (Fsp3) is 0.625. The van der Waals surface area contributed by atoms with Crippen molar-refractivity contribution in [1.29, 1.82) is 0 Å². The summed E-state index contributed by atoms with van der Waals surface area (Å²) in [6.07, 6.45) is 6.38. The van der Waals surface area contributed by atoms with E-state index >= 15 is 0 Å². The fourth-order valence-corrected chi connectivity index (χ4v) is 3.66. The first-order chi connectivity index (χ1) is 8.72. The van der Waals surface area contributed by atoms with Crippen LogP contribution in [0, 0.1) is 5.92 Å². The molecule has 3 unspecified atom stereocenters. The third-order valence-corrected chi connectivity index (χ3v) is 4.65. The predicted molar refractivity (Wildman–Crippen MR) is 71.6 cm³/mol. The van der Waals surface area contributed by atoms with E-state index in [9.17, 15) is 5.11 Å². The maximum absolute atomic E-state index is 10.4. The van der Waals surface area contributed by atoms with E-state index in [0.29, 0.717) is 0 Å². The normalized spacial score (nSPS) is 35.0. The van der Waals surface area contributed by atoms with Gasteiger partial charge < -0.3 is 9.84 Å². The maximum atomic E-state index is 10.4. The minimum atomic E-state index is -0.356. The van der Waals surface area contributed by atoms with Gasteiger partial charge in [-0.2, -0.15) is 0 Å². The molecule has 1 N–H and O–H groups in total. The second-order valence-corrected chi connectivity index (χ2v) is 5.91. The minimum Gasteiger partial charge on any atom is -0.487 e. The number of ether oxygens (including phenoxy) is 1. The van der Waals surface area contributed by atoms with E-state index in [2.05, 4.69) is 6.92 Å². The number of para-hydroxylation sites is 1. The standard InChI is InChI=1S/C16H22O2/c1-2-12-6-5-9-16(10-12)11-14(17)13-7-3-4-8-15(13)18-16/h3-4,7-8,12,14,17H,2,5-6,9-11H2,1H3. The summed E-state index contributed by atoms with van der Waals surface area (Å²) in [5, 5.41) is 10.4. The van der Waals surface area contributed by atoms with Gasteiger partial charge in [-0.1, -0.05) is 38.0 Å². The highest BCUT2D eigenvalue weighted by Crippen LogP contribution is 2.47. The second-order valence-electron chi connectivity index (χ2n) is 5.91. The molecule has 1 fully saturated rings. The number of fused-ring (bicyclic) bond motifs is 1. The van der Waals surface area contributed by atoms with Gasteiger partial charge in [0.25, 0.3) is 0 Å². The van der Waals surface area contributed by atoms with Gasteiger partial charge in [-0.15, -0.1) is 0 Å². The molecule has 0 aromatic heterocycles. The summed E-state index contributed by atoms with van der Waals surface area (Å²) in [4.78, 5) is 0. The Bertz CT molecular complexity index is 429. The molecule has 2 aliphatic rings. The molecule has 18 heavy (non-hydrogen) atoms. The van der Waals surface area contributed by atoms with Gasteiger partial charge in [0.15, 0.2) is 0 Å². The van der Waals surface area contributed by atoms with Gasteiger partial charge in [-0.3, -0.25) is 0 Å². The Morgan fingerprint density at radius 2 is 2.17 bits per heavy atom. The van der Waals surface area contributed by atoms with E-state index in [-0.39, 0.29) is 11.7 Å². The van der Waals surface area contributed by atoms with Crippen molar-refractivity contribution in [1.82, 2.24) is 0 Å². The van der Waals surface area contributed by atoms with Gasteiger partial charge in [0.1, 0.15) is 11.4 Å². The quantitative estimate of drug-likeness (QED) is 0.815. The molecular formula is C16H22O2. The number of benzene rings is 1. The number of aliphatic hydroxyl groups excluding tert-OH is 1. The molecule has 1 saturated carbocycles. The van der Waals surface area contributed by atoms with E-state index in [1.165, 1.54) is 19.3 Å². The number of rotatable bonds is 1. The number of hydrogen-bond acceptors (Lipinski definition) is 2. The lowest BCUT2D eigenvalue weighted by molar-refractivity contribution is -0.0521. The van der Waals surface area contributed by atoms with Gasteiger partial charge in [0.2, 0.25) is 0 Å². The molecule has 3 rings (SSSR count). The third kappa shape index (κ3) is 2.03. The van der Waals surface area contributed by atoms with Crippen molar-refractivity contribution in [2.24, 2.45) is 5.92 Å². The van der Waals surface area contributed by atoms with Crippen LogP contribution >= 0.6 is 0 Å². The van der Waals surface area contributed by atoms with Gasteiger partial charge in [-0.25, -0.2) is 0 Å². The lowest BCUT2D eigenvalue weighted by Crippen LogP contribution is -2.45. The van der Waals surface area contributed by atoms with Gasteiger partial charge in [-0.05, 0) is 31.2 Å². The summed E-state index contributed by atoms with van der Waals surface area (Å²) in [5.41, 5.74) is 0.855. The van der Waals surface area contributed by atoms with Crippen LogP contribution in [0.2, 0.25) is 0 Å². The molecule has 1 aliphatic heterocycles. The number of hydrogen-bond donors (Lipinski definition) is 1. The van der Waals surface area contributed by atoms with Crippen LogP contribution in [0.5, 0.6) is 5.75 Å². The van der Waals surface area contributed by atoms with Crippen LogP contribution in [0.1, 0.15) is 57.1 Å². The van der Waals surface area contributed by atoms with E-state index in [0.717, 1.165) is 36.5 Å². The summed E-state index contributed by atoms with van der Waals surface area (Å²) >= 11 is 0. The van der Waals surface area contributed by atoms with Crippen molar-refractivity contribution in [2.45, 2.75) is 57.2 Å². The topological polar surface area (TPSA) is 29.5 Å². The molecule has 3 atom stereocenters. The van der Waals surface area contributed by atoms with Crippen LogP contribution in [0.3, 0.4) is 0 Å². The van der Waals surface area contributed by atoms with Crippen molar-refractivity contribution >= 4 is 0 Å². The highest BCUT2D eigenvalue weighted by atomic mass is 16.5. The second kappa shape index (κ2) is 4.58. The molecule has 98 valence electrons. The Kier molecular flexibility index (Phi) is 3.06. The Morgan fingerprint density at radius 1 is 1.33 bits per heavy atom. The molecule has 1 aliphatic carbocycles. The largest absolute Gasteiger partial charge is 0.487 e. The molecule has 1 heterocycles.